The minimum absolute atomic E-state index is 0.0559. The topological polar surface area (TPSA) is 89.5 Å². The molecule has 0 aromatic heterocycles. The van der Waals surface area contributed by atoms with E-state index in [1.54, 1.807) is 24.3 Å². The maximum Gasteiger partial charge on any atom is 0.269 e. The van der Waals surface area contributed by atoms with Crippen molar-refractivity contribution < 1.29 is 9.85 Å². The highest BCUT2D eigenvalue weighted by molar-refractivity contribution is 5.48. The molecule has 7 nitrogen and oxygen atoms in total. The van der Waals surface area contributed by atoms with E-state index in [4.69, 9.17) is 0 Å². The Balaban J connectivity index is 0.00000145. The zero-order valence-electron chi connectivity index (χ0n) is 16.4. The van der Waals surface area contributed by atoms with Crippen molar-refractivity contribution >= 4 is 17.1 Å². The van der Waals surface area contributed by atoms with Gasteiger partial charge in [0.1, 0.15) is 0 Å². The number of para-hydroxylation sites is 1. The molecule has 0 radical (unpaired) electrons. The molecular formula is C22H23N3O4. The predicted octanol–water partition coefficient (Wildman–Crippen LogP) is 5.74. The van der Waals surface area contributed by atoms with Gasteiger partial charge in [-0.15, -0.1) is 0 Å². The van der Waals surface area contributed by atoms with Crippen molar-refractivity contribution in [3.8, 4) is 0 Å². The SMILES string of the molecule is CC.O=[N+]([O-])c1ccc(CN(Cc2ccc([N+](=O)[O-])cc2)c2ccccc2)cc1. The minimum Gasteiger partial charge on any atom is -0.363 e. The summed E-state index contributed by atoms with van der Waals surface area (Å²) in [7, 11) is 0. The highest BCUT2D eigenvalue weighted by atomic mass is 16.6. The lowest BCUT2D eigenvalue weighted by Gasteiger charge is -2.25. The van der Waals surface area contributed by atoms with Crippen molar-refractivity contribution in [2.45, 2.75) is 26.9 Å². The van der Waals surface area contributed by atoms with Gasteiger partial charge in [0.15, 0.2) is 0 Å². The zero-order chi connectivity index (χ0) is 21.2. The van der Waals surface area contributed by atoms with Gasteiger partial charge in [0, 0.05) is 43.0 Å². The van der Waals surface area contributed by atoms with Crippen LogP contribution in [0.5, 0.6) is 0 Å². The maximum absolute atomic E-state index is 10.8. The van der Waals surface area contributed by atoms with Gasteiger partial charge in [-0.2, -0.15) is 0 Å². The van der Waals surface area contributed by atoms with Crippen molar-refractivity contribution in [2.75, 3.05) is 4.90 Å². The quantitative estimate of drug-likeness (QED) is 0.377. The van der Waals surface area contributed by atoms with Crippen molar-refractivity contribution in [3.05, 3.63) is 110 Å². The summed E-state index contributed by atoms with van der Waals surface area (Å²) >= 11 is 0. The lowest BCUT2D eigenvalue weighted by Crippen LogP contribution is -2.22. The third-order valence-electron chi connectivity index (χ3n) is 4.16. The van der Waals surface area contributed by atoms with Gasteiger partial charge in [-0.05, 0) is 23.3 Å². The summed E-state index contributed by atoms with van der Waals surface area (Å²) < 4.78 is 0. The monoisotopic (exact) mass is 393 g/mol. The molecule has 0 spiro atoms. The lowest BCUT2D eigenvalue weighted by molar-refractivity contribution is -0.385. The molecule has 0 bridgehead atoms. The smallest absolute Gasteiger partial charge is 0.269 e. The first-order chi connectivity index (χ1) is 14.0. The molecule has 0 aliphatic heterocycles. The van der Waals surface area contributed by atoms with E-state index < -0.39 is 9.85 Å². The summed E-state index contributed by atoms with van der Waals surface area (Å²) in [5.74, 6) is 0. The third kappa shape index (κ3) is 6.14. The van der Waals surface area contributed by atoms with E-state index in [0.717, 1.165) is 16.8 Å². The Labute approximate surface area is 169 Å². The number of hydrogen-bond donors (Lipinski definition) is 0. The number of rotatable bonds is 7. The van der Waals surface area contributed by atoms with Crippen molar-refractivity contribution in [1.82, 2.24) is 0 Å². The predicted molar refractivity (Wildman–Crippen MR) is 114 cm³/mol. The van der Waals surface area contributed by atoms with Crippen LogP contribution in [-0.4, -0.2) is 9.85 Å². The van der Waals surface area contributed by atoms with Crippen LogP contribution in [0.25, 0.3) is 0 Å². The molecule has 3 aromatic carbocycles. The molecule has 0 N–H and O–H groups in total. The Morgan fingerprint density at radius 3 is 1.38 bits per heavy atom. The summed E-state index contributed by atoms with van der Waals surface area (Å²) in [5.41, 5.74) is 2.98. The molecule has 0 aliphatic rings. The minimum atomic E-state index is -0.421. The highest BCUT2D eigenvalue weighted by Gasteiger charge is 2.11. The van der Waals surface area contributed by atoms with E-state index in [2.05, 4.69) is 4.90 Å². The fourth-order valence-corrected chi connectivity index (χ4v) is 2.76. The molecule has 0 saturated carbocycles. The van der Waals surface area contributed by atoms with Crippen molar-refractivity contribution in [2.24, 2.45) is 0 Å². The Morgan fingerprint density at radius 1 is 0.655 bits per heavy atom. The van der Waals surface area contributed by atoms with E-state index in [9.17, 15) is 20.2 Å². The lowest BCUT2D eigenvalue weighted by atomic mass is 10.1. The third-order valence-corrected chi connectivity index (χ3v) is 4.16. The fourth-order valence-electron chi connectivity index (χ4n) is 2.76. The van der Waals surface area contributed by atoms with Crippen molar-refractivity contribution in [1.29, 1.82) is 0 Å². The molecule has 3 rings (SSSR count). The molecule has 0 amide bonds. The largest absolute Gasteiger partial charge is 0.363 e. The van der Waals surface area contributed by atoms with E-state index in [1.165, 1.54) is 24.3 Å². The number of benzene rings is 3. The van der Waals surface area contributed by atoms with E-state index in [-0.39, 0.29) is 11.4 Å². The summed E-state index contributed by atoms with van der Waals surface area (Å²) in [6, 6.07) is 22.7. The Morgan fingerprint density at radius 2 is 1.03 bits per heavy atom. The molecule has 0 heterocycles. The summed E-state index contributed by atoms with van der Waals surface area (Å²) in [4.78, 5) is 22.9. The van der Waals surface area contributed by atoms with Gasteiger partial charge in [0.25, 0.3) is 11.4 Å². The van der Waals surface area contributed by atoms with Crippen LogP contribution >= 0.6 is 0 Å². The Bertz CT molecular complexity index is 867. The van der Waals surface area contributed by atoms with Crippen LogP contribution in [0.3, 0.4) is 0 Å². The van der Waals surface area contributed by atoms with Crippen LogP contribution in [0.15, 0.2) is 78.9 Å². The van der Waals surface area contributed by atoms with E-state index >= 15 is 0 Å². The average Bonchev–Trinajstić information content (AvgIpc) is 2.76. The van der Waals surface area contributed by atoms with Crippen LogP contribution < -0.4 is 4.90 Å². The molecule has 0 atom stereocenters. The van der Waals surface area contributed by atoms with Crippen LogP contribution in [0.2, 0.25) is 0 Å². The first-order valence-corrected chi connectivity index (χ1v) is 9.29. The molecular weight excluding hydrogens is 370 g/mol. The molecule has 0 aliphatic carbocycles. The van der Waals surface area contributed by atoms with Gasteiger partial charge in [0.2, 0.25) is 0 Å². The van der Waals surface area contributed by atoms with Gasteiger partial charge >= 0.3 is 0 Å². The van der Waals surface area contributed by atoms with Crippen LogP contribution in [-0.2, 0) is 13.1 Å². The molecule has 29 heavy (non-hydrogen) atoms. The molecule has 0 unspecified atom stereocenters. The highest BCUT2D eigenvalue weighted by Crippen LogP contribution is 2.22. The number of hydrogen-bond acceptors (Lipinski definition) is 5. The maximum atomic E-state index is 10.8. The Hall–Kier alpha value is -3.74. The van der Waals surface area contributed by atoms with Gasteiger partial charge in [-0.3, -0.25) is 20.2 Å². The molecule has 0 fully saturated rings. The molecule has 150 valence electrons. The fraction of sp³-hybridized carbons (Fsp3) is 0.182. The summed E-state index contributed by atoms with van der Waals surface area (Å²) in [6.45, 7) is 5.11. The normalized spacial score (nSPS) is 9.86. The molecule has 7 heteroatoms. The van der Waals surface area contributed by atoms with Crippen LogP contribution in [0.1, 0.15) is 25.0 Å². The summed E-state index contributed by atoms with van der Waals surface area (Å²) in [5, 5.41) is 21.6. The van der Waals surface area contributed by atoms with E-state index in [0.29, 0.717) is 13.1 Å². The zero-order valence-corrected chi connectivity index (χ0v) is 16.4. The second kappa shape index (κ2) is 10.6. The second-order valence-corrected chi connectivity index (χ2v) is 6.04. The first kappa shape index (κ1) is 21.6. The molecule has 0 saturated heterocycles. The van der Waals surface area contributed by atoms with Crippen LogP contribution in [0.4, 0.5) is 17.1 Å². The number of nitrogens with zero attached hydrogens (tertiary/aromatic N) is 3. The number of non-ortho nitro benzene ring substituents is 2. The van der Waals surface area contributed by atoms with E-state index in [1.807, 2.05) is 44.2 Å². The molecule has 3 aromatic rings. The average molecular weight is 393 g/mol. The van der Waals surface area contributed by atoms with Gasteiger partial charge < -0.3 is 4.90 Å². The van der Waals surface area contributed by atoms with Gasteiger partial charge in [-0.1, -0.05) is 56.3 Å². The first-order valence-electron chi connectivity index (χ1n) is 9.29. The van der Waals surface area contributed by atoms with Gasteiger partial charge in [0.05, 0.1) is 9.85 Å². The standard InChI is InChI=1S/C20H17N3O4.C2H6/c24-22(25)19-10-6-16(7-11-19)14-21(18-4-2-1-3-5-18)15-17-8-12-20(13-9-17)23(26)27;1-2/h1-13H,14-15H2;1-2H3. The van der Waals surface area contributed by atoms with Crippen LogP contribution in [0, 0.1) is 20.2 Å². The van der Waals surface area contributed by atoms with Crippen molar-refractivity contribution in [3.63, 3.8) is 0 Å². The second-order valence-electron chi connectivity index (χ2n) is 6.04. The number of nitro groups is 2. The van der Waals surface area contributed by atoms with Gasteiger partial charge in [-0.25, -0.2) is 0 Å². The number of nitro benzene ring substituents is 2. The number of anilines is 1. The summed E-state index contributed by atoms with van der Waals surface area (Å²) in [6.07, 6.45) is 0. The Kier molecular flexibility index (Phi) is 7.85.